The Labute approximate surface area is 100 Å². The normalized spacial score (nSPS) is 18.5. The number of esters is 1. The lowest BCUT2D eigenvalue weighted by Gasteiger charge is -2.36. The van der Waals surface area contributed by atoms with E-state index in [-0.39, 0.29) is 38.3 Å². The van der Waals surface area contributed by atoms with E-state index in [9.17, 15) is 19.5 Å². The molecular weight excluding hydrogens is 225 g/mol. The second kappa shape index (κ2) is 5.20. The molecule has 1 aliphatic rings. The van der Waals surface area contributed by atoms with Crippen LogP contribution in [0.3, 0.4) is 0 Å². The molecule has 0 saturated carbocycles. The molecule has 0 aromatic carbocycles. The van der Waals surface area contributed by atoms with Crippen LogP contribution in [0.2, 0.25) is 0 Å². The van der Waals surface area contributed by atoms with Gasteiger partial charge in [0.2, 0.25) is 7.85 Å². The number of aliphatic carboxylic acids is 1. The Morgan fingerprint density at radius 1 is 1.35 bits per heavy atom. The van der Waals surface area contributed by atoms with Crippen molar-refractivity contribution in [2.24, 2.45) is 5.41 Å². The molecule has 0 aromatic heterocycles. The second-order valence-corrected chi connectivity index (χ2v) is 4.11. The molecular formula is C10H16BNO5. The fraction of sp³-hybridized carbons (Fsp3) is 0.700. The lowest BCUT2D eigenvalue weighted by atomic mass is 9.78. The standard InChI is InChI=1S/C10H16BNO5/c1-2-17-8(15)10(7(13)14)3-5-12(6-4-10)9(11)16/h2-6,11H2,1H3,(H,13,14). The summed E-state index contributed by atoms with van der Waals surface area (Å²) in [5.74, 6) is -1.97. The Balaban J connectivity index is 2.80. The molecule has 0 aliphatic carbocycles. The highest BCUT2D eigenvalue weighted by Gasteiger charge is 2.49. The summed E-state index contributed by atoms with van der Waals surface area (Å²) in [6.07, 6.45) is 0.224. The minimum absolute atomic E-state index is 0.104. The van der Waals surface area contributed by atoms with Crippen molar-refractivity contribution < 1.29 is 24.2 Å². The van der Waals surface area contributed by atoms with Crippen molar-refractivity contribution in [2.45, 2.75) is 19.8 Å². The second-order valence-electron chi connectivity index (χ2n) is 4.11. The van der Waals surface area contributed by atoms with Gasteiger partial charge in [-0.15, -0.1) is 0 Å². The van der Waals surface area contributed by atoms with Gasteiger partial charge in [0.25, 0.3) is 0 Å². The van der Waals surface area contributed by atoms with E-state index in [0.29, 0.717) is 0 Å². The molecule has 1 N–H and O–H groups in total. The largest absolute Gasteiger partial charge is 0.480 e. The predicted octanol–water partition coefficient (Wildman–Crippen LogP) is -0.531. The van der Waals surface area contributed by atoms with Gasteiger partial charge in [-0.05, 0) is 19.8 Å². The van der Waals surface area contributed by atoms with Gasteiger partial charge in [0, 0.05) is 13.1 Å². The van der Waals surface area contributed by atoms with Crippen molar-refractivity contribution in [3.8, 4) is 0 Å². The number of nitrogens with zero attached hydrogens (tertiary/aromatic N) is 1. The number of rotatable bonds is 3. The number of carbonyl (C=O) groups excluding carboxylic acids is 2. The van der Waals surface area contributed by atoms with Crippen LogP contribution in [0.1, 0.15) is 19.8 Å². The van der Waals surface area contributed by atoms with E-state index in [0.717, 1.165) is 0 Å². The molecule has 1 saturated heterocycles. The maximum atomic E-state index is 11.7. The first kappa shape index (κ1) is 13.5. The summed E-state index contributed by atoms with van der Waals surface area (Å²) in [6.45, 7) is 2.35. The third-order valence-electron chi connectivity index (χ3n) is 3.14. The lowest BCUT2D eigenvalue weighted by molar-refractivity contribution is -0.171. The van der Waals surface area contributed by atoms with Gasteiger partial charge in [0.15, 0.2) is 11.2 Å². The van der Waals surface area contributed by atoms with Crippen LogP contribution in [0.25, 0.3) is 0 Å². The van der Waals surface area contributed by atoms with Crippen LogP contribution >= 0.6 is 0 Å². The average Bonchev–Trinajstić information content (AvgIpc) is 2.29. The number of amides is 1. The minimum Gasteiger partial charge on any atom is -0.480 e. The Morgan fingerprint density at radius 3 is 2.24 bits per heavy atom. The molecule has 0 aromatic rings. The van der Waals surface area contributed by atoms with Gasteiger partial charge in [-0.2, -0.15) is 0 Å². The summed E-state index contributed by atoms with van der Waals surface area (Å²) in [5, 5.41) is 9.21. The molecule has 6 nitrogen and oxygen atoms in total. The highest BCUT2D eigenvalue weighted by Crippen LogP contribution is 2.33. The monoisotopic (exact) mass is 241 g/mol. The fourth-order valence-electron chi connectivity index (χ4n) is 1.98. The van der Waals surface area contributed by atoms with Crippen molar-refractivity contribution in [2.75, 3.05) is 19.7 Å². The molecule has 1 amide bonds. The van der Waals surface area contributed by atoms with Crippen LogP contribution in [0.15, 0.2) is 0 Å². The fourth-order valence-corrected chi connectivity index (χ4v) is 1.98. The summed E-state index contributed by atoms with van der Waals surface area (Å²) < 4.78 is 4.82. The van der Waals surface area contributed by atoms with E-state index in [1.165, 1.54) is 7.85 Å². The molecule has 1 heterocycles. The third kappa shape index (κ3) is 2.59. The van der Waals surface area contributed by atoms with E-state index in [1.54, 1.807) is 11.8 Å². The van der Waals surface area contributed by atoms with Crippen LogP contribution in [0.4, 0.5) is 4.79 Å². The summed E-state index contributed by atoms with van der Waals surface area (Å²) in [4.78, 5) is 35.7. The van der Waals surface area contributed by atoms with E-state index in [1.807, 2.05) is 0 Å². The summed E-state index contributed by atoms with van der Waals surface area (Å²) in [5.41, 5.74) is -1.48. The average molecular weight is 241 g/mol. The summed E-state index contributed by atoms with van der Waals surface area (Å²) in [6, 6.07) is 0. The number of hydrogen-bond donors (Lipinski definition) is 1. The van der Waals surface area contributed by atoms with Crippen molar-refractivity contribution in [1.82, 2.24) is 4.90 Å². The zero-order chi connectivity index (χ0) is 13.1. The molecule has 94 valence electrons. The topological polar surface area (TPSA) is 83.9 Å². The number of carboxylic acids is 1. The zero-order valence-corrected chi connectivity index (χ0v) is 10.1. The molecule has 0 atom stereocenters. The number of carbonyl (C=O) groups is 3. The van der Waals surface area contributed by atoms with E-state index >= 15 is 0 Å². The maximum absolute atomic E-state index is 11.7. The third-order valence-corrected chi connectivity index (χ3v) is 3.14. The number of carboxylic acid groups (broad SMARTS) is 1. The molecule has 1 aliphatic heterocycles. The Hall–Kier alpha value is -1.53. The van der Waals surface area contributed by atoms with Gasteiger partial charge in [-0.1, -0.05) is 0 Å². The molecule has 0 bridgehead atoms. The van der Waals surface area contributed by atoms with Gasteiger partial charge in [-0.25, -0.2) is 0 Å². The number of ether oxygens (including phenoxy) is 1. The van der Waals surface area contributed by atoms with Gasteiger partial charge >= 0.3 is 11.9 Å². The highest BCUT2D eigenvalue weighted by atomic mass is 16.5. The number of piperidine rings is 1. The van der Waals surface area contributed by atoms with Crippen LogP contribution < -0.4 is 0 Å². The molecule has 0 radical (unpaired) electrons. The van der Waals surface area contributed by atoms with Gasteiger partial charge in [-0.3, -0.25) is 14.4 Å². The Morgan fingerprint density at radius 2 is 1.88 bits per heavy atom. The van der Waals surface area contributed by atoms with Gasteiger partial charge in [0.05, 0.1) is 6.61 Å². The molecule has 17 heavy (non-hydrogen) atoms. The van der Waals surface area contributed by atoms with E-state index in [4.69, 9.17) is 4.74 Å². The van der Waals surface area contributed by atoms with Crippen LogP contribution in [0, 0.1) is 5.41 Å². The van der Waals surface area contributed by atoms with Crippen LogP contribution in [0.5, 0.6) is 0 Å². The number of likely N-dealkylation sites (tertiary alicyclic amines) is 1. The van der Waals surface area contributed by atoms with Crippen molar-refractivity contribution in [3.05, 3.63) is 0 Å². The first-order chi connectivity index (χ1) is 7.94. The Bertz CT molecular complexity index is 336. The lowest BCUT2D eigenvalue weighted by Crippen LogP contribution is -2.50. The molecule has 1 rings (SSSR count). The maximum Gasteiger partial charge on any atom is 0.323 e. The SMILES string of the molecule is BC(=O)N1CCC(C(=O)O)(C(=O)OCC)CC1. The van der Waals surface area contributed by atoms with Crippen molar-refractivity contribution in [1.29, 1.82) is 0 Å². The first-order valence-corrected chi connectivity index (χ1v) is 5.60. The molecule has 0 spiro atoms. The highest BCUT2D eigenvalue weighted by molar-refractivity contribution is 6.56. The van der Waals surface area contributed by atoms with Crippen molar-refractivity contribution >= 4 is 25.6 Å². The van der Waals surface area contributed by atoms with Crippen LogP contribution in [-0.2, 0) is 14.3 Å². The van der Waals surface area contributed by atoms with Crippen LogP contribution in [-0.4, -0.2) is 55.3 Å². The molecule has 1 fully saturated rings. The summed E-state index contributed by atoms with van der Waals surface area (Å²) >= 11 is 0. The quantitative estimate of drug-likeness (QED) is 0.408. The molecule has 0 unspecified atom stereocenters. The zero-order valence-electron chi connectivity index (χ0n) is 10.1. The first-order valence-electron chi connectivity index (χ1n) is 5.60. The van der Waals surface area contributed by atoms with Crippen molar-refractivity contribution in [3.63, 3.8) is 0 Å². The van der Waals surface area contributed by atoms with E-state index in [2.05, 4.69) is 0 Å². The Kier molecular flexibility index (Phi) is 4.14. The van der Waals surface area contributed by atoms with Gasteiger partial charge in [0.1, 0.15) is 0 Å². The smallest absolute Gasteiger partial charge is 0.323 e. The van der Waals surface area contributed by atoms with E-state index < -0.39 is 17.4 Å². The minimum atomic E-state index is -1.48. The summed E-state index contributed by atoms with van der Waals surface area (Å²) in [7, 11) is 1.43. The van der Waals surface area contributed by atoms with Gasteiger partial charge < -0.3 is 14.7 Å². The predicted molar refractivity (Wildman–Crippen MR) is 61.4 cm³/mol. The number of hydrogen-bond acceptors (Lipinski definition) is 4. The molecule has 7 heteroatoms.